The summed E-state index contributed by atoms with van der Waals surface area (Å²) in [7, 11) is -3.63. The second kappa shape index (κ2) is 5.44. The van der Waals surface area contributed by atoms with Crippen LogP contribution >= 0.6 is 11.6 Å². The van der Waals surface area contributed by atoms with E-state index in [0.717, 1.165) is 0 Å². The number of nitrogens with two attached hydrogens (primary N) is 1. The number of benzene rings is 1. The molecule has 0 aromatic heterocycles. The number of anilines is 1. The minimum absolute atomic E-state index is 0.0292. The molecule has 1 aromatic carbocycles. The third-order valence-electron chi connectivity index (χ3n) is 2.81. The molecular weight excluding hydrogens is 276 g/mol. The van der Waals surface area contributed by atoms with Gasteiger partial charge in [-0.25, -0.2) is 13.1 Å². The van der Waals surface area contributed by atoms with Crippen LogP contribution in [0.25, 0.3) is 0 Å². The number of nitrogens with one attached hydrogen (secondary N) is 1. The van der Waals surface area contributed by atoms with Crippen LogP contribution in [0.1, 0.15) is 12.8 Å². The summed E-state index contributed by atoms with van der Waals surface area (Å²) < 4.78 is 32.2. The van der Waals surface area contributed by atoms with Gasteiger partial charge in [0.15, 0.2) is 0 Å². The van der Waals surface area contributed by atoms with Crippen molar-refractivity contribution in [1.29, 1.82) is 0 Å². The minimum atomic E-state index is -3.63. The summed E-state index contributed by atoms with van der Waals surface area (Å²) in [5.74, 6) is 0. The lowest BCUT2D eigenvalue weighted by Crippen LogP contribution is -2.39. The van der Waals surface area contributed by atoms with E-state index in [4.69, 9.17) is 22.1 Å². The summed E-state index contributed by atoms with van der Waals surface area (Å²) in [6.45, 7) is 1.14. The van der Waals surface area contributed by atoms with Gasteiger partial charge in [0.2, 0.25) is 10.0 Å². The highest BCUT2D eigenvalue weighted by molar-refractivity contribution is 7.89. The molecule has 0 bridgehead atoms. The fourth-order valence-electron chi connectivity index (χ4n) is 1.84. The summed E-state index contributed by atoms with van der Waals surface area (Å²) in [6, 6.07) is 4.30. The molecule has 100 valence electrons. The van der Waals surface area contributed by atoms with E-state index >= 15 is 0 Å². The van der Waals surface area contributed by atoms with E-state index in [1.165, 1.54) is 12.1 Å². The smallest absolute Gasteiger partial charge is 0.242 e. The molecule has 1 heterocycles. The Morgan fingerprint density at radius 3 is 2.67 bits per heavy atom. The maximum atomic E-state index is 12.2. The zero-order valence-corrected chi connectivity index (χ0v) is 11.3. The van der Waals surface area contributed by atoms with Crippen LogP contribution in [-0.4, -0.2) is 27.7 Å². The summed E-state index contributed by atoms with van der Waals surface area (Å²) in [6.07, 6.45) is 1.33. The molecule has 18 heavy (non-hydrogen) atoms. The van der Waals surface area contributed by atoms with E-state index < -0.39 is 10.0 Å². The molecule has 1 aromatic rings. The maximum Gasteiger partial charge on any atom is 0.242 e. The largest absolute Gasteiger partial charge is 0.398 e. The Kier molecular flexibility index (Phi) is 4.11. The molecule has 0 radical (unpaired) electrons. The zero-order chi connectivity index (χ0) is 13.2. The van der Waals surface area contributed by atoms with Crippen molar-refractivity contribution >= 4 is 27.3 Å². The highest BCUT2D eigenvalue weighted by Crippen LogP contribution is 2.23. The van der Waals surface area contributed by atoms with Gasteiger partial charge in [0, 0.05) is 24.3 Å². The van der Waals surface area contributed by atoms with E-state index in [1.807, 2.05) is 0 Å². The third kappa shape index (κ3) is 3.14. The van der Waals surface area contributed by atoms with Crippen LogP contribution in [0, 0.1) is 0 Å². The minimum Gasteiger partial charge on any atom is -0.398 e. The molecule has 5 nitrogen and oxygen atoms in total. The Hall–Kier alpha value is -0.820. The van der Waals surface area contributed by atoms with Gasteiger partial charge in [-0.3, -0.25) is 0 Å². The Bertz CT molecular complexity index is 527. The lowest BCUT2D eigenvalue weighted by Gasteiger charge is -2.23. The van der Waals surface area contributed by atoms with Crippen molar-refractivity contribution in [2.24, 2.45) is 0 Å². The van der Waals surface area contributed by atoms with E-state index in [-0.39, 0.29) is 16.6 Å². The molecule has 0 saturated carbocycles. The number of ether oxygens (including phenoxy) is 1. The van der Waals surface area contributed by atoms with Gasteiger partial charge in [0.05, 0.1) is 5.69 Å². The SMILES string of the molecule is Nc1ccc(Cl)cc1S(=O)(=O)NC1CCOCC1. The summed E-state index contributed by atoms with van der Waals surface area (Å²) in [5, 5.41) is 0.344. The fraction of sp³-hybridized carbons (Fsp3) is 0.455. The molecule has 2 rings (SSSR count). The first-order valence-electron chi connectivity index (χ1n) is 5.64. The van der Waals surface area contributed by atoms with Crippen molar-refractivity contribution in [3.8, 4) is 0 Å². The first-order chi connectivity index (χ1) is 8.49. The van der Waals surface area contributed by atoms with Gasteiger partial charge in [-0.2, -0.15) is 0 Å². The molecule has 1 aliphatic rings. The van der Waals surface area contributed by atoms with Gasteiger partial charge in [-0.1, -0.05) is 11.6 Å². The van der Waals surface area contributed by atoms with Crippen LogP contribution in [0.3, 0.4) is 0 Å². The van der Waals surface area contributed by atoms with E-state index in [0.29, 0.717) is 31.1 Å². The fourth-order valence-corrected chi connectivity index (χ4v) is 3.54. The van der Waals surface area contributed by atoms with Gasteiger partial charge in [-0.05, 0) is 31.0 Å². The Balaban J connectivity index is 2.21. The lowest BCUT2D eigenvalue weighted by atomic mass is 10.1. The monoisotopic (exact) mass is 290 g/mol. The number of sulfonamides is 1. The molecule has 0 amide bonds. The first kappa shape index (κ1) is 13.6. The van der Waals surface area contributed by atoms with Crippen molar-refractivity contribution in [2.45, 2.75) is 23.8 Å². The van der Waals surface area contributed by atoms with Gasteiger partial charge < -0.3 is 10.5 Å². The van der Waals surface area contributed by atoms with E-state index in [2.05, 4.69) is 4.72 Å². The average Bonchev–Trinajstić information content (AvgIpc) is 2.33. The second-order valence-corrected chi connectivity index (χ2v) is 6.31. The molecule has 0 aliphatic carbocycles. The molecule has 0 atom stereocenters. The molecule has 1 saturated heterocycles. The number of halogens is 1. The molecule has 0 spiro atoms. The zero-order valence-electron chi connectivity index (χ0n) is 9.73. The standard InChI is InChI=1S/C11H15ClN2O3S/c12-8-1-2-10(13)11(7-8)18(15,16)14-9-3-5-17-6-4-9/h1-2,7,9,14H,3-6,13H2. The van der Waals surface area contributed by atoms with Gasteiger partial charge in [0.1, 0.15) is 4.90 Å². The molecule has 1 fully saturated rings. The highest BCUT2D eigenvalue weighted by Gasteiger charge is 2.23. The van der Waals surface area contributed by atoms with Crippen LogP contribution in [0.4, 0.5) is 5.69 Å². The predicted octanol–water partition coefficient (Wildman–Crippen LogP) is 1.38. The lowest BCUT2D eigenvalue weighted by molar-refractivity contribution is 0.0832. The number of nitrogen functional groups attached to an aromatic ring is 1. The van der Waals surface area contributed by atoms with Crippen LogP contribution in [0.2, 0.25) is 5.02 Å². The number of hydrogen-bond donors (Lipinski definition) is 2. The quantitative estimate of drug-likeness (QED) is 0.824. The first-order valence-corrected chi connectivity index (χ1v) is 7.50. The predicted molar refractivity (Wildman–Crippen MR) is 70.0 cm³/mol. The van der Waals surface area contributed by atoms with E-state index in [9.17, 15) is 8.42 Å². The van der Waals surface area contributed by atoms with Crippen molar-refractivity contribution in [3.63, 3.8) is 0 Å². The summed E-state index contributed by atoms with van der Waals surface area (Å²) in [4.78, 5) is 0.0292. The van der Waals surface area contributed by atoms with Gasteiger partial charge in [-0.15, -0.1) is 0 Å². The molecular formula is C11H15ClN2O3S. The second-order valence-electron chi connectivity index (χ2n) is 4.19. The van der Waals surface area contributed by atoms with Crippen LogP contribution < -0.4 is 10.5 Å². The molecule has 7 heteroatoms. The van der Waals surface area contributed by atoms with Gasteiger partial charge >= 0.3 is 0 Å². The normalized spacial score (nSPS) is 17.8. The van der Waals surface area contributed by atoms with Crippen molar-refractivity contribution in [3.05, 3.63) is 23.2 Å². The average molecular weight is 291 g/mol. The summed E-state index contributed by atoms with van der Waals surface area (Å²) in [5.41, 5.74) is 5.87. The number of hydrogen-bond acceptors (Lipinski definition) is 4. The highest BCUT2D eigenvalue weighted by atomic mass is 35.5. The Labute approximate surface area is 111 Å². The third-order valence-corrected chi connectivity index (χ3v) is 4.62. The van der Waals surface area contributed by atoms with Gasteiger partial charge in [0.25, 0.3) is 0 Å². The molecule has 3 N–H and O–H groups in total. The van der Waals surface area contributed by atoms with Crippen LogP contribution in [-0.2, 0) is 14.8 Å². The Morgan fingerprint density at radius 1 is 1.33 bits per heavy atom. The Morgan fingerprint density at radius 2 is 2.00 bits per heavy atom. The topological polar surface area (TPSA) is 81.4 Å². The van der Waals surface area contributed by atoms with Crippen LogP contribution in [0.15, 0.2) is 23.1 Å². The van der Waals surface area contributed by atoms with E-state index in [1.54, 1.807) is 6.07 Å². The molecule has 0 unspecified atom stereocenters. The number of rotatable bonds is 3. The van der Waals surface area contributed by atoms with Crippen LogP contribution in [0.5, 0.6) is 0 Å². The van der Waals surface area contributed by atoms with Crippen molar-refractivity contribution in [1.82, 2.24) is 4.72 Å². The summed E-state index contributed by atoms with van der Waals surface area (Å²) >= 11 is 5.80. The van der Waals surface area contributed by atoms with Crippen molar-refractivity contribution in [2.75, 3.05) is 18.9 Å². The van der Waals surface area contributed by atoms with Crippen molar-refractivity contribution < 1.29 is 13.2 Å². The molecule has 1 aliphatic heterocycles. The maximum absolute atomic E-state index is 12.2.